The Bertz CT molecular complexity index is 447. The molecule has 1 amide bonds. The summed E-state index contributed by atoms with van der Waals surface area (Å²) in [5, 5.41) is 9.33. The van der Waals surface area contributed by atoms with Crippen LogP contribution in [0.5, 0.6) is 5.75 Å². The summed E-state index contributed by atoms with van der Waals surface area (Å²) < 4.78 is 5.66. The number of rotatable bonds is 5. The Balaban J connectivity index is 1.81. The van der Waals surface area contributed by atoms with E-state index >= 15 is 0 Å². The monoisotopic (exact) mass is 277 g/mol. The lowest BCUT2D eigenvalue weighted by atomic mass is 10.0. The smallest absolute Gasteiger partial charge is 0.226 e. The van der Waals surface area contributed by atoms with Gasteiger partial charge in [0.25, 0.3) is 0 Å². The lowest BCUT2D eigenvalue weighted by Gasteiger charge is -2.34. The topological polar surface area (TPSA) is 49.8 Å². The van der Waals surface area contributed by atoms with Crippen LogP contribution in [0.1, 0.15) is 31.2 Å². The van der Waals surface area contributed by atoms with Gasteiger partial charge in [0.15, 0.2) is 0 Å². The van der Waals surface area contributed by atoms with Crippen LogP contribution in [0, 0.1) is 6.92 Å². The highest BCUT2D eigenvalue weighted by atomic mass is 16.5. The molecule has 20 heavy (non-hydrogen) atoms. The van der Waals surface area contributed by atoms with Crippen LogP contribution in [0.25, 0.3) is 0 Å². The van der Waals surface area contributed by atoms with E-state index in [4.69, 9.17) is 4.74 Å². The second-order valence-corrected chi connectivity index (χ2v) is 5.28. The van der Waals surface area contributed by atoms with Crippen molar-refractivity contribution >= 4 is 5.91 Å². The largest absolute Gasteiger partial charge is 0.493 e. The molecule has 1 aliphatic heterocycles. The van der Waals surface area contributed by atoms with Crippen molar-refractivity contribution in [1.29, 1.82) is 0 Å². The fourth-order valence-corrected chi connectivity index (χ4v) is 2.63. The molecule has 0 radical (unpaired) electrons. The van der Waals surface area contributed by atoms with E-state index in [-0.39, 0.29) is 18.6 Å². The summed E-state index contributed by atoms with van der Waals surface area (Å²) in [4.78, 5) is 14.0. The second kappa shape index (κ2) is 7.29. The molecular formula is C16H23NO3. The van der Waals surface area contributed by atoms with Gasteiger partial charge in [0.2, 0.25) is 5.91 Å². The molecule has 1 saturated heterocycles. The number of amides is 1. The van der Waals surface area contributed by atoms with Gasteiger partial charge in [-0.1, -0.05) is 18.2 Å². The van der Waals surface area contributed by atoms with Gasteiger partial charge in [-0.2, -0.15) is 0 Å². The number of aliphatic hydroxyl groups excluding tert-OH is 1. The fraction of sp³-hybridized carbons (Fsp3) is 0.562. The predicted octanol–water partition coefficient (Wildman–Crippen LogP) is 2.14. The summed E-state index contributed by atoms with van der Waals surface area (Å²) in [6.45, 7) is 3.20. The number of piperidine rings is 1. The molecule has 0 saturated carbocycles. The van der Waals surface area contributed by atoms with Gasteiger partial charge in [-0.05, 0) is 37.8 Å². The standard InChI is InChI=1S/C16H23NO3/c1-13-6-2-3-8-15(13)20-11-9-16(19)17-10-5-4-7-14(17)12-18/h2-3,6,8,14,18H,4-5,7,9-12H2,1H3. The molecule has 110 valence electrons. The number of carbonyl (C=O) groups excluding carboxylic acids is 1. The van der Waals surface area contributed by atoms with E-state index in [1.165, 1.54) is 0 Å². The molecule has 2 rings (SSSR count). The third-order valence-electron chi connectivity index (χ3n) is 3.83. The number of hydrogen-bond donors (Lipinski definition) is 1. The molecule has 0 spiro atoms. The molecule has 1 aliphatic rings. The van der Waals surface area contributed by atoms with Crippen molar-refractivity contribution in [3.63, 3.8) is 0 Å². The second-order valence-electron chi connectivity index (χ2n) is 5.28. The molecule has 1 aromatic carbocycles. The van der Waals surface area contributed by atoms with Gasteiger partial charge in [-0.25, -0.2) is 0 Å². The minimum atomic E-state index is -0.00490. The van der Waals surface area contributed by atoms with Crippen LogP contribution in [0.4, 0.5) is 0 Å². The summed E-state index contributed by atoms with van der Waals surface area (Å²) in [5.74, 6) is 0.912. The van der Waals surface area contributed by atoms with Gasteiger partial charge in [0.05, 0.1) is 25.7 Å². The average molecular weight is 277 g/mol. The highest BCUT2D eigenvalue weighted by Gasteiger charge is 2.25. The third kappa shape index (κ3) is 3.73. The number of para-hydroxylation sites is 1. The first-order chi connectivity index (χ1) is 9.72. The molecule has 1 N–H and O–H groups in total. The molecular weight excluding hydrogens is 254 g/mol. The lowest BCUT2D eigenvalue weighted by Crippen LogP contribution is -2.46. The molecule has 0 aliphatic carbocycles. The van der Waals surface area contributed by atoms with Crippen LogP contribution in [0.3, 0.4) is 0 Å². The summed E-state index contributed by atoms with van der Waals surface area (Å²) in [6.07, 6.45) is 3.39. The minimum Gasteiger partial charge on any atom is -0.493 e. The van der Waals surface area contributed by atoms with Crippen molar-refractivity contribution in [3.05, 3.63) is 29.8 Å². The normalized spacial score (nSPS) is 18.9. The summed E-state index contributed by atoms with van der Waals surface area (Å²) in [6, 6.07) is 7.79. The highest BCUT2D eigenvalue weighted by molar-refractivity contribution is 5.76. The van der Waals surface area contributed by atoms with Gasteiger partial charge in [-0.3, -0.25) is 4.79 Å². The Hall–Kier alpha value is -1.55. The van der Waals surface area contributed by atoms with E-state index in [0.717, 1.165) is 37.1 Å². The van der Waals surface area contributed by atoms with E-state index in [9.17, 15) is 9.90 Å². The van der Waals surface area contributed by atoms with Gasteiger partial charge < -0.3 is 14.7 Å². The van der Waals surface area contributed by atoms with Gasteiger partial charge in [0.1, 0.15) is 5.75 Å². The third-order valence-corrected chi connectivity index (χ3v) is 3.83. The van der Waals surface area contributed by atoms with Crippen LogP contribution >= 0.6 is 0 Å². The summed E-state index contributed by atoms with van der Waals surface area (Å²) >= 11 is 0. The number of benzene rings is 1. The Morgan fingerprint density at radius 3 is 2.95 bits per heavy atom. The SMILES string of the molecule is Cc1ccccc1OCCC(=O)N1CCCCC1CO. The predicted molar refractivity (Wildman–Crippen MR) is 77.7 cm³/mol. The van der Waals surface area contributed by atoms with Crippen molar-refractivity contribution < 1.29 is 14.6 Å². The summed E-state index contributed by atoms with van der Waals surface area (Å²) in [7, 11) is 0. The number of nitrogens with zero attached hydrogens (tertiary/aromatic N) is 1. The van der Waals surface area contributed by atoms with E-state index in [1.54, 1.807) is 0 Å². The first-order valence-electron chi connectivity index (χ1n) is 7.31. The fourth-order valence-electron chi connectivity index (χ4n) is 2.63. The van der Waals surface area contributed by atoms with Gasteiger partial charge in [0, 0.05) is 6.54 Å². The molecule has 4 heteroatoms. The number of aliphatic hydroxyl groups is 1. The van der Waals surface area contributed by atoms with Crippen LogP contribution in [0.2, 0.25) is 0 Å². The van der Waals surface area contributed by atoms with Gasteiger partial charge >= 0.3 is 0 Å². The van der Waals surface area contributed by atoms with Crippen LogP contribution in [-0.4, -0.2) is 41.7 Å². The number of hydrogen-bond acceptors (Lipinski definition) is 3. The van der Waals surface area contributed by atoms with E-state index in [1.807, 2.05) is 36.1 Å². The molecule has 1 aromatic rings. The number of carbonyl (C=O) groups is 1. The quantitative estimate of drug-likeness (QED) is 0.897. The van der Waals surface area contributed by atoms with Crippen molar-refractivity contribution in [1.82, 2.24) is 4.90 Å². The van der Waals surface area contributed by atoms with Crippen LogP contribution in [-0.2, 0) is 4.79 Å². The van der Waals surface area contributed by atoms with Crippen molar-refractivity contribution in [2.45, 2.75) is 38.6 Å². The molecule has 1 unspecified atom stereocenters. The zero-order chi connectivity index (χ0) is 14.4. The number of ether oxygens (including phenoxy) is 1. The van der Waals surface area contributed by atoms with Crippen LogP contribution < -0.4 is 4.74 Å². The Kier molecular flexibility index (Phi) is 5.41. The lowest BCUT2D eigenvalue weighted by molar-refractivity contribution is -0.136. The average Bonchev–Trinajstić information content (AvgIpc) is 2.49. The van der Waals surface area contributed by atoms with E-state index in [0.29, 0.717) is 13.0 Å². The molecule has 0 aromatic heterocycles. The Morgan fingerprint density at radius 1 is 1.40 bits per heavy atom. The van der Waals surface area contributed by atoms with Gasteiger partial charge in [-0.15, -0.1) is 0 Å². The Labute approximate surface area is 120 Å². The maximum absolute atomic E-state index is 12.2. The molecule has 1 atom stereocenters. The van der Waals surface area contributed by atoms with E-state index < -0.39 is 0 Å². The summed E-state index contributed by atoms with van der Waals surface area (Å²) in [5.41, 5.74) is 1.08. The first kappa shape index (κ1) is 14.9. The maximum Gasteiger partial charge on any atom is 0.226 e. The minimum absolute atomic E-state index is 0.00490. The first-order valence-corrected chi connectivity index (χ1v) is 7.31. The van der Waals surface area contributed by atoms with Crippen molar-refractivity contribution in [2.75, 3.05) is 19.8 Å². The Morgan fingerprint density at radius 2 is 2.20 bits per heavy atom. The molecule has 1 heterocycles. The zero-order valence-corrected chi connectivity index (χ0v) is 12.0. The molecule has 0 bridgehead atoms. The van der Waals surface area contributed by atoms with Crippen molar-refractivity contribution in [3.8, 4) is 5.75 Å². The van der Waals surface area contributed by atoms with Crippen molar-refractivity contribution in [2.24, 2.45) is 0 Å². The van der Waals surface area contributed by atoms with Crippen LogP contribution in [0.15, 0.2) is 24.3 Å². The van der Waals surface area contributed by atoms with E-state index in [2.05, 4.69) is 0 Å². The molecule has 4 nitrogen and oxygen atoms in total. The number of aryl methyl sites for hydroxylation is 1. The molecule has 1 fully saturated rings. The zero-order valence-electron chi connectivity index (χ0n) is 12.0. The maximum atomic E-state index is 12.2. The number of likely N-dealkylation sites (tertiary alicyclic amines) is 1. The highest BCUT2D eigenvalue weighted by Crippen LogP contribution is 2.19.